The monoisotopic (exact) mass is 333 g/mol. The maximum absolute atomic E-state index is 3.34. The molecule has 1 heterocycles. The lowest BCUT2D eigenvalue weighted by molar-refractivity contribution is 0.380. The second-order valence-corrected chi connectivity index (χ2v) is 8.66. The summed E-state index contributed by atoms with van der Waals surface area (Å²) >= 11 is 4.29. The minimum absolute atomic E-state index is 0.837. The molecule has 0 atom stereocenters. The largest absolute Gasteiger partial charge is 0.295 e. The lowest BCUT2D eigenvalue weighted by atomic mass is 10.1. The fraction of sp³-hybridized carbons (Fsp3) is 0.579. The summed E-state index contributed by atoms with van der Waals surface area (Å²) < 4.78 is 0.837. The Bertz CT molecular complexity index is 457. The van der Waals surface area contributed by atoms with E-state index in [0.29, 0.717) is 0 Å². The molecule has 2 rings (SSSR count). The van der Waals surface area contributed by atoms with Crippen LogP contribution in [0.25, 0.3) is 0 Å². The van der Waals surface area contributed by atoms with Gasteiger partial charge in [0.15, 0.2) is 0 Å². The van der Waals surface area contributed by atoms with Crippen molar-refractivity contribution >= 4 is 23.5 Å². The van der Waals surface area contributed by atoms with Crippen LogP contribution in [-0.2, 0) is 6.42 Å². The standard InChI is InChI=1S/C19H27NS2/c1-20(15-13-18-10-5-4-6-11-18)14-8-3-2-7-12-19-21-16-9-17-22-19/h4-6,10-11,19H,2,7,9,12-17H2,1H3. The van der Waals surface area contributed by atoms with E-state index in [1.807, 2.05) is 0 Å². The molecule has 1 fully saturated rings. The van der Waals surface area contributed by atoms with Gasteiger partial charge in [-0.3, -0.25) is 4.90 Å². The fourth-order valence-electron chi connectivity index (χ4n) is 2.38. The van der Waals surface area contributed by atoms with Crippen LogP contribution in [0.15, 0.2) is 30.3 Å². The molecule has 0 unspecified atom stereocenters. The van der Waals surface area contributed by atoms with Crippen LogP contribution < -0.4 is 0 Å². The molecule has 1 aliphatic heterocycles. The topological polar surface area (TPSA) is 3.24 Å². The third-order valence-corrected chi connectivity index (χ3v) is 6.82. The highest BCUT2D eigenvalue weighted by Crippen LogP contribution is 2.33. The highest BCUT2D eigenvalue weighted by atomic mass is 32.2. The van der Waals surface area contributed by atoms with Gasteiger partial charge in [-0.2, -0.15) is 0 Å². The van der Waals surface area contributed by atoms with E-state index >= 15 is 0 Å². The van der Waals surface area contributed by atoms with Crippen molar-refractivity contribution in [3.8, 4) is 11.8 Å². The zero-order chi connectivity index (χ0) is 15.5. The fourth-order valence-corrected chi connectivity index (χ4v) is 5.34. The van der Waals surface area contributed by atoms with E-state index in [1.54, 1.807) is 0 Å². The zero-order valence-electron chi connectivity index (χ0n) is 13.6. The molecule has 120 valence electrons. The van der Waals surface area contributed by atoms with Crippen LogP contribution in [0.1, 0.15) is 31.2 Å². The SMILES string of the molecule is CN(CC#CCCCC1SCCCS1)CCc1ccccc1. The lowest BCUT2D eigenvalue weighted by Crippen LogP contribution is -2.21. The summed E-state index contributed by atoms with van der Waals surface area (Å²) in [6.45, 7) is 1.97. The number of benzene rings is 1. The van der Waals surface area contributed by atoms with Gasteiger partial charge in [0.1, 0.15) is 0 Å². The van der Waals surface area contributed by atoms with Crippen LogP contribution in [0.5, 0.6) is 0 Å². The average Bonchev–Trinajstić information content (AvgIpc) is 2.58. The number of unbranched alkanes of at least 4 members (excludes halogenated alkanes) is 1. The maximum Gasteiger partial charge on any atom is 0.0599 e. The average molecular weight is 334 g/mol. The van der Waals surface area contributed by atoms with E-state index in [9.17, 15) is 0 Å². The summed E-state index contributed by atoms with van der Waals surface area (Å²) in [6.07, 6.45) is 6.14. The van der Waals surface area contributed by atoms with E-state index in [-0.39, 0.29) is 0 Å². The third kappa shape index (κ3) is 7.63. The molecule has 0 N–H and O–H groups in total. The quantitative estimate of drug-likeness (QED) is 0.533. The third-order valence-electron chi connectivity index (χ3n) is 3.74. The molecule has 0 aromatic heterocycles. The van der Waals surface area contributed by atoms with Gasteiger partial charge in [0.05, 0.1) is 11.1 Å². The summed E-state index contributed by atoms with van der Waals surface area (Å²) in [5.74, 6) is 9.38. The van der Waals surface area contributed by atoms with Crippen molar-refractivity contribution in [2.24, 2.45) is 0 Å². The van der Waals surface area contributed by atoms with Crippen molar-refractivity contribution in [1.82, 2.24) is 4.90 Å². The molecule has 0 amide bonds. The second-order valence-electron chi connectivity index (χ2n) is 5.74. The first-order valence-electron chi connectivity index (χ1n) is 8.26. The van der Waals surface area contributed by atoms with Crippen molar-refractivity contribution in [2.75, 3.05) is 31.6 Å². The lowest BCUT2D eigenvalue weighted by Gasteiger charge is -2.20. The number of hydrogen-bond acceptors (Lipinski definition) is 3. The highest BCUT2D eigenvalue weighted by molar-refractivity contribution is 8.17. The van der Waals surface area contributed by atoms with E-state index in [0.717, 1.165) is 30.5 Å². The van der Waals surface area contributed by atoms with Crippen LogP contribution in [0.4, 0.5) is 0 Å². The van der Waals surface area contributed by atoms with Gasteiger partial charge in [0, 0.05) is 13.0 Å². The molecular formula is C19H27NS2. The Labute approximate surface area is 144 Å². The molecule has 1 aromatic carbocycles. The molecule has 0 aliphatic carbocycles. The van der Waals surface area contributed by atoms with Crippen molar-refractivity contribution in [3.63, 3.8) is 0 Å². The van der Waals surface area contributed by atoms with Gasteiger partial charge in [-0.1, -0.05) is 36.3 Å². The summed E-state index contributed by atoms with van der Waals surface area (Å²) in [5.41, 5.74) is 1.41. The Kier molecular flexibility index (Phi) is 8.93. The van der Waals surface area contributed by atoms with Crippen molar-refractivity contribution in [1.29, 1.82) is 0 Å². The summed E-state index contributed by atoms with van der Waals surface area (Å²) in [6, 6.07) is 10.7. The summed E-state index contributed by atoms with van der Waals surface area (Å²) in [4.78, 5) is 2.31. The molecule has 1 saturated heterocycles. The molecule has 3 heteroatoms. The molecule has 0 radical (unpaired) electrons. The Morgan fingerprint density at radius 1 is 1.14 bits per heavy atom. The van der Waals surface area contributed by atoms with Gasteiger partial charge < -0.3 is 0 Å². The molecule has 1 nitrogen and oxygen atoms in total. The summed E-state index contributed by atoms with van der Waals surface area (Å²) in [5, 5.41) is 0. The first-order valence-corrected chi connectivity index (χ1v) is 10.4. The van der Waals surface area contributed by atoms with Crippen LogP contribution in [0.3, 0.4) is 0 Å². The minimum atomic E-state index is 0.837. The Morgan fingerprint density at radius 3 is 2.68 bits per heavy atom. The van der Waals surface area contributed by atoms with Crippen LogP contribution in [0.2, 0.25) is 0 Å². The number of hydrogen-bond donors (Lipinski definition) is 0. The van der Waals surface area contributed by atoms with Gasteiger partial charge in [-0.05, 0) is 49.8 Å². The van der Waals surface area contributed by atoms with Gasteiger partial charge in [-0.15, -0.1) is 29.4 Å². The molecule has 1 aromatic rings. The normalized spacial score (nSPS) is 15.5. The number of likely N-dealkylation sites (N-methyl/N-ethyl adjacent to an activating group) is 1. The van der Waals surface area contributed by atoms with Gasteiger partial charge >= 0.3 is 0 Å². The molecule has 0 saturated carbocycles. The Morgan fingerprint density at radius 2 is 1.91 bits per heavy atom. The molecular weight excluding hydrogens is 306 g/mol. The van der Waals surface area contributed by atoms with Crippen LogP contribution >= 0.6 is 23.5 Å². The predicted molar refractivity (Wildman–Crippen MR) is 103 cm³/mol. The highest BCUT2D eigenvalue weighted by Gasteiger charge is 2.12. The number of thioether (sulfide) groups is 2. The molecule has 1 aliphatic rings. The second kappa shape index (κ2) is 11.0. The minimum Gasteiger partial charge on any atom is -0.295 e. The van der Waals surface area contributed by atoms with E-state index in [4.69, 9.17) is 0 Å². The van der Waals surface area contributed by atoms with E-state index < -0.39 is 0 Å². The van der Waals surface area contributed by atoms with Crippen molar-refractivity contribution in [2.45, 2.75) is 36.7 Å². The summed E-state index contributed by atoms with van der Waals surface area (Å²) in [7, 11) is 2.16. The van der Waals surface area contributed by atoms with Crippen molar-refractivity contribution < 1.29 is 0 Å². The number of nitrogens with zero attached hydrogens (tertiary/aromatic N) is 1. The van der Waals surface area contributed by atoms with E-state index in [1.165, 1.54) is 36.3 Å². The smallest absolute Gasteiger partial charge is 0.0599 e. The Hall–Kier alpha value is -0.560. The maximum atomic E-state index is 3.34. The van der Waals surface area contributed by atoms with Crippen LogP contribution in [0, 0.1) is 11.8 Å². The molecule has 0 spiro atoms. The number of rotatable bonds is 7. The van der Waals surface area contributed by atoms with E-state index in [2.05, 4.69) is 77.6 Å². The molecule has 22 heavy (non-hydrogen) atoms. The van der Waals surface area contributed by atoms with Gasteiger partial charge in [0.2, 0.25) is 0 Å². The first-order chi connectivity index (χ1) is 10.8. The van der Waals surface area contributed by atoms with Gasteiger partial charge in [0.25, 0.3) is 0 Å². The predicted octanol–water partition coefficient (Wildman–Crippen LogP) is 4.53. The van der Waals surface area contributed by atoms with Crippen LogP contribution in [-0.4, -0.2) is 41.1 Å². The Balaban J connectivity index is 1.51. The first kappa shape index (κ1) is 17.8. The van der Waals surface area contributed by atoms with Crippen molar-refractivity contribution in [3.05, 3.63) is 35.9 Å². The zero-order valence-corrected chi connectivity index (χ0v) is 15.2. The van der Waals surface area contributed by atoms with Gasteiger partial charge in [-0.25, -0.2) is 0 Å². The molecule has 0 bridgehead atoms.